The predicted molar refractivity (Wildman–Crippen MR) is 101 cm³/mol. The van der Waals surface area contributed by atoms with Crippen molar-refractivity contribution in [1.82, 2.24) is 10.5 Å². The molecule has 0 spiro atoms. The summed E-state index contributed by atoms with van der Waals surface area (Å²) in [5.41, 5.74) is 6.18. The standard InChI is InChI=1S/C21H21N3O2/c1-13-20(14(2)26-23-13)16-9-10-19-17(12-16)18(22-21(25)24(19)3)11-15-7-5-4-6-8-15/h4-10,12,18H,11H2,1-3H3,(H,22,25). The predicted octanol–water partition coefficient (Wildman–Crippen LogP) is 4.40. The summed E-state index contributed by atoms with van der Waals surface area (Å²) in [6.45, 7) is 3.87. The lowest BCUT2D eigenvalue weighted by molar-refractivity contribution is 0.242. The minimum atomic E-state index is -0.0801. The zero-order valence-electron chi connectivity index (χ0n) is 15.1. The first-order valence-electron chi connectivity index (χ1n) is 8.70. The Morgan fingerprint density at radius 3 is 2.62 bits per heavy atom. The summed E-state index contributed by atoms with van der Waals surface area (Å²) >= 11 is 0. The van der Waals surface area contributed by atoms with Crippen LogP contribution in [0.15, 0.2) is 53.1 Å². The molecule has 1 N–H and O–H groups in total. The number of nitrogens with one attached hydrogen (secondary N) is 1. The maximum absolute atomic E-state index is 12.4. The van der Waals surface area contributed by atoms with E-state index < -0.39 is 0 Å². The van der Waals surface area contributed by atoms with Crippen LogP contribution in [-0.4, -0.2) is 18.2 Å². The van der Waals surface area contributed by atoms with Gasteiger partial charge in [-0.2, -0.15) is 0 Å². The number of amides is 2. The van der Waals surface area contributed by atoms with Crippen molar-refractivity contribution in [3.05, 3.63) is 71.1 Å². The van der Waals surface area contributed by atoms with E-state index >= 15 is 0 Å². The highest BCUT2D eigenvalue weighted by molar-refractivity contribution is 5.95. The summed E-state index contributed by atoms with van der Waals surface area (Å²) in [6, 6.07) is 16.2. The summed E-state index contributed by atoms with van der Waals surface area (Å²) in [7, 11) is 1.79. The second kappa shape index (κ2) is 6.33. The Balaban J connectivity index is 1.79. The van der Waals surface area contributed by atoms with E-state index in [4.69, 9.17) is 4.52 Å². The van der Waals surface area contributed by atoms with Crippen molar-refractivity contribution in [2.24, 2.45) is 0 Å². The Hall–Kier alpha value is -3.08. The number of urea groups is 1. The van der Waals surface area contributed by atoms with Gasteiger partial charge in [-0.3, -0.25) is 4.90 Å². The number of nitrogens with zero attached hydrogens (tertiary/aromatic N) is 2. The number of fused-ring (bicyclic) bond motifs is 1. The molecule has 2 heterocycles. The lowest BCUT2D eigenvalue weighted by Gasteiger charge is -2.33. The number of carbonyl (C=O) groups excluding carboxylic acids is 1. The lowest BCUT2D eigenvalue weighted by atomic mass is 9.92. The molecule has 0 saturated heterocycles. The molecule has 1 atom stereocenters. The van der Waals surface area contributed by atoms with E-state index in [0.717, 1.165) is 40.3 Å². The van der Waals surface area contributed by atoms with E-state index in [1.807, 2.05) is 44.2 Å². The third-order valence-corrected chi connectivity index (χ3v) is 4.97. The topological polar surface area (TPSA) is 58.4 Å². The smallest absolute Gasteiger partial charge is 0.322 e. The van der Waals surface area contributed by atoms with Crippen LogP contribution in [0.3, 0.4) is 0 Å². The van der Waals surface area contributed by atoms with Crippen molar-refractivity contribution < 1.29 is 9.32 Å². The minimum absolute atomic E-state index is 0.0727. The molecule has 0 aliphatic carbocycles. The van der Waals surface area contributed by atoms with Crippen molar-refractivity contribution in [1.29, 1.82) is 0 Å². The Morgan fingerprint density at radius 1 is 1.15 bits per heavy atom. The van der Waals surface area contributed by atoms with Gasteiger partial charge in [0.2, 0.25) is 0 Å². The van der Waals surface area contributed by atoms with Gasteiger partial charge in [0.25, 0.3) is 0 Å². The third-order valence-electron chi connectivity index (χ3n) is 4.97. The van der Waals surface area contributed by atoms with Crippen LogP contribution in [0, 0.1) is 13.8 Å². The Bertz CT molecular complexity index is 943. The number of anilines is 1. The molecule has 0 bridgehead atoms. The van der Waals surface area contributed by atoms with Crippen LogP contribution in [0.4, 0.5) is 10.5 Å². The number of aryl methyl sites for hydroxylation is 2. The fourth-order valence-corrected chi connectivity index (χ4v) is 3.63. The summed E-state index contributed by atoms with van der Waals surface area (Å²) in [5, 5.41) is 7.18. The highest BCUT2D eigenvalue weighted by Gasteiger charge is 2.29. The number of hydrogen-bond acceptors (Lipinski definition) is 3. The van der Waals surface area contributed by atoms with Crippen molar-refractivity contribution in [2.45, 2.75) is 26.3 Å². The van der Waals surface area contributed by atoms with Crippen LogP contribution in [0.5, 0.6) is 0 Å². The summed E-state index contributed by atoms with van der Waals surface area (Å²) in [4.78, 5) is 14.0. The first-order valence-corrected chi connectivity index (χ1v) is 8.70. The van der Waals surface area contributed by atoms with Gasteiger partial charge >= 0.3 is 6.03 Å². The maximum atomic E-state index is 12.4. The van der Waals surface area contributed by atoms with Crippen molar-refractivity contribution in [3.63, 3.8) is 0 Å². The zero-order valence-corrected chi connectivity index (χ0v) is 15.1. The highest BCUT2D eigenvalue weighted by Crippen LogP contribution is 2.37. The Kier molecular flexibility index (Phi) is 3.99. The molecule has 0 radical (unpaired) electrons. The van der Waals surface area contributed by atoms with Crippen LogP contribution < -0.4 is 10.2 Å². The molecule has 1 aliphatic rings. The summed E-state index contributed by atoms with van der Waals surface area (Å²) < 4.78 is 5.32. The highest BCUT2D eigenvalue weighted by atomic mass is 16.5. The van der Waals surface area contributed by atoms with Crippen LogP contribution in [-0.2, 0) is 6.42 Å². The average molecular weight is 347 g/mol. The van der Waals surface area contributed by atoms with Gasteiger partial charge in [0.15, 0.2) is 0 Å². The van der Waals surface area contributed by atoms with Crippen LogP contribution in [0.2, 0.25) is 0 Å². The molecule has 5 nitrogen and oxygen atoms in total. The van der Waals surface area contributed by atoms with E-state index in [2.05, 4.69) is 28.7 Å². The third kappa shape index (κ3) is 2.75. The first kappa shape index (κ1) is 16.4. The monoisotopic (exact) mass is 347 g/mol. The molecule has 0 fully saturated rings. The SMILES string of the molecule is Cc1noc(C)c1-c1ccc2c(c1)C(Cc1ccccc1)NC(=O)N2C. The van der Waals surface area contributed by atoms with Crippen LogP contribution in [0.1, 0.15) is 28.6 Å². The van der Waals surface area contributed by atoms with Gasteiger partial charge in [-0.25, -0.2) is 4.79 Å². The zero-order chi connectivity index (χ0) is 18.3. The average Bonchev–Trinajstić information content (AvgIpc) is 2.98. The lowest BCUT2D eigenvalue weighted by Crippen LogP contribution is -2.45. The quantitative estimate of drug-likeness (QED) is 0.764. The van der Waals surface area contributed by atoms with E-state index in [0.29, 0.717) is 0 Å². The van der Waals surface area contributed by atoms with Gasteiger partial charge in [-0.15, -0.1) is 0 Å². The van der Waals surface area contributed by atoms with Gasteiger partial charge in [0.05, 0.1) is 17.4 Å². The molecule has 2 amide bonds. The summed E-state index contributed by atoms with van der Waals surface area (Å²) in [5.74, 6) is 0.801. The second-order valence-electron chi connectivity index (χ2n) is 6.72. The number of aromatic nitrogens is 1. The van der Waals surface area contributed by atoms with Crippen LogP contribution >= 0.6 is 0 Å². The maximum Gasteiger partial charge on any atom is 0.322 e. The molecule has 2 aromatic carbocycles. The van der Waals surface area contributed by atoms with Gasteiger partial charge in [-0.1, -0.05) is 41.6 Å². The van der Waals surface area contributed by atoms with Gasteiger partial charge in [0, 0.05) is 12.6 Å². The number of hydrogen-bond donors (Lipinski definition) is 1. The molecule has 5 heteroatoms. The van der Waals surface area contributed by atoms with E-state index in [-0.39, 0.29) is 12.1 Å². The fourth-order valence-electron chi connectivity index (χ4n) is 3.63. The fraction of sp³-hybridized carbons (Fsp3) is 0.238. The van der Waals surface area contributed by atoms with E-state index in [1.54, 1.807) is 11.9 Å². The van der Waals surface area contributed by atoms with E-state index in [1.165, 1.54) is 5.56 Å². The first-order chi connectivity index (χ1) is 12.5. The Labute approximate surface area is 152 Å². The normalized spacial score (nSPS) is 16.3. The van der Waals surface area contributed by atoms with Crippen molar-refractivity contribution in [3.8, 4) is 11.1 Å². The van der Waals surface area contributed by atoms with E-state index in [9.17, 15) is 4.79 Å². The summed E-state index contributed by atoms with van der Waals surface area (Å²) in [6.07, 6.45) is 0.748. The van der Waals surface area contributed by atoms with Crippen LogP contribution in [0.25, 0.3) is 11.1 Å². The number of rotatable bonds is 3. The molecular weight excluding hydrogens is 326 g/mol. The van der Waals surface area contributed by atoms with Gasteiger partial charge in [-0.05, 0) is 49.1 Å². The molecule has 3 aromatic rings. The van der Waals surface area contributed by atoms with Gasteiger partial charge in [0.1, 0.15) is 5.76 Å². The van der Waals surface area contributed by atoms with Gasteiger partial charge < -0.3 is 9.84 Å². The van der Waals surface area contributed by atoms with Crippen molar-refractivity contribution in [2.75, 3.05) is 11.9 Å². The largest absolute Gasteiger partial charge is 0.361 e. The minimum Gasteiger partial charge on any atom is -0.361 e. The number of benzene rings is 2. The molecule has 4 rings (SSSR count). The molecule has 1 aliphatic heterocycles. The Morgan fingerprint density at radius 2 is 1.92 bits per heavy atom. The molecule has 26 heavy (non-hydrogen) atoms. The molecule has 132 valence electrons. The number of carbonyl (C=O) groups is 1. The molecule has 1 aromatic heterocycles. The second-order valence-corrected chi connectivity index (χ2v) is 6.72. The molecule has 0 saturated carbocycles. The molecular formula is C21H21N3O2. The molecule has 1 unspecified atom stereocenters. The van der Waals surface area contributed by atoms with Crippen molar-refractivity contribution >= 4 is 11.7 Å².